The smallest absolute Gasteiger partial charge is 0.136 e. The third-order valence-electron chi connectivity index (χ3n) is 2.87. The molecule has 3 nitrogen and oxygen atoms in total. The molecule has 0 amide bonds. The van der Waals surface area contributed by atoms with Gasteiger partial charge in [0.2, 0.25) is 0 Å². The predicted molar refractivity (Wildman–Crippen MR) is 77.7 cm³/mol. The van der Waals surface area contributed by atoms with Crippen molar-refractivity contribution >= 4 is 11.6 Å². The van der Waals surface area contributed by atoms with Crippen molar-refractivity contribution in [2.24, 2.45) is 0 Å². The molecule has 2 aromatic rings. The van der Waals surface area contributed by atoms with Gasteiger partial charge in [-0.1, -0.05) is 35.9 Å². The molecule has 20 heavy (non-hydrogen) atoms. The molecule has 0 radical (unpaired) electrons. The summed E-state index contributed by atoms with van der Waals surface area (Å²) in [6, 6.07) is 15.1. The number of rotatable bonds is 5. The molecule has 0 aliphatic rings. The molecule has 0 unspecified atom stereocenters. The van der Waals surface area contributed by atoms with E-state index in [2.05, 4.69) is 6.07 Å². The number of benzene rings is 2. The summed E-state index contributed by atoms with van der Waals surface area (Å²) in [5.41, 5.74) is 2.42. The summed E-state index contributed by atoms with van der Waals surface area (Å²) < 4.78 is 10.8. The van der Waals surface area contributed by atoms with Gasteiger partial charge in [0.15, 0.2) is 0 Å². The summed E-state index contributed by atoms with van der Waals surface area (Å²) in [6.07, 6.45) is 0. The molecule has 4 heteroatoms. The SMILES string of the molecule is COc1cc(COCc2ccccc2Cl)ccc1C#N. The predicted octanol–water partition coefficient (Wildman–Crippen LogP) is 3.94. The van der Waals surface area contributed by atoms with Crippen LogP contribution >= 0.6 is 11.6 Å². The Balaban J connectivity index is 1.98. The van der Waals surface area contributed by atoms with Crippen molar-refractivity contribution < 1.29 is 9.47 Å². The van der Waals surface area contributed by atoms with Crippen LogP contribution in [0.5, 0.6) is 5.75 Å². The van der Waals surface area contributed by atoms with Gasteiger partial charge in [-0.15, -0.1) is 0 Å². The minimum Gasteiger partial charge on any atom is -0.495 e. The van der Waals surface area contributed by atoms with Crippen molar-refractivity contribution in [3.8, 4) is 11.8 Å². The van der Waals surface area contributed by atoms with Crippen LogP contribution in [0.4, 0.5) is 0 Å². The van der Waals surface area contributed by atoms with Gasteiger partial charge in [-0.05, 0) is 29.3 Å². The van der Waals surface area contributed by atoms with E-state index < -0.39 is 0 Å². The second-order valence-corrected chi connectivity index (χ2v) is 4.64. The third kappa shape index (κ3) is 3.51. The number of halogens is 1. The Morgan fingerprint density at radius 1 is 1.15 bits per heavy atom. The summed E-state index contributed by atoms with van der Waals surface area (Å²) in [5.74, 6) is 0.561. The van der Waals surface area contributed by atoms with Gasteiger partial charge >= 0.3 is 0 Å². The minimum atomic E-state index is 0.438. The molecular formula is C16H14ClNO2. The first-order chi connectivity index (χ1) is 9.74. The maximum atomic E-state index is 8.92. The van der Waals surface area contributed by atoms with E-state index in [1.165, 1.54) is 0 Å². The number of nitrogens with zero attached hydrogens (tertiary/aromatic N) is 1. The molecule has 0 aliphatic carbocycles. The summed E-state index contributed by atoms with van der Waals surface area (Å²) in [6.45, 7) is 0.884. The van der Waals surface area contributed by atoms with Crippen LogP contribution in [0.2, 0.25) is 5.02 Å². The lowest BCUT2D eigenvalue weighted by Gasteiger charge is -2.08. The molecule has 102 valence electrons. The Bertz CT molecular complexity index is 635. The lowest BCUT2D eigenvalue weighted by atomic mass is 10.1. The van der Waals surface area contributed by atoms with E-state index in [0.717, 1.165) is 11.1 Å². The van der Waals surface area contributed by atoms with Crippen LogP contribution in [0.3, 0.4) is 0 Å². The van der Waals surface area contributed by atoms with E-state index in [0.29, 0.717) is 29.5 Å². The highest BCUT2D eigenvalue weighted by molar-refractivity contribution is 6.31. The van der Waals surface area contributed by atoms with Gasteiger partial charge < -0.3 is 9.47 Å². The van der Waals surface area contributed by atoms with Crippen LogP contribution in [-0.2, 0) is 18.0 Å². The maximum Gasteiger partial charge on any atom is 0.136 e. The first kappa shape index (κ1) is 14.4. The monoisotopic (exact) mass is 287 g/mol. The molecule has 0 saturated heterocycles. The van der Waals surface area contributed by atoms with Crippen molar-refractivity contribution in [3.63, 3.8) is 0 Å². The van der Waals surface area contributed by atoms with Crippen molar-refractivity contribution in [1.29, 1.82) is 5.26 Å². The number of hydrogen-bond donors (Lipinski definition) is 0. The average molecular weight is 288 g/mol. The zero-order valence-electron chi connectivity index (χ0n) is 11.1. The highest BCUT2D eigenvalue weighted by Gasteiger charge is 2.04. The number of nitriles is 1. The van der Waals surface area contributed by atoms with Crippen LogP contribution in [0.1, 0.15) is 16.7 Å². The van der Waals surface area contributed by atoms with Crippen molar-refractivity contribution in [1.82, 2.24) is 0 Å². The van der Waals surface area contributed by atoms with E-state index in [9.17, 15) is 0 Å². The van der Waals surface area contributed by atoms with Crippen molar-refractivity contribution in [3.05, 3.63) is 64.2 Å². The zero-order chi connectivity index (χ0) is 14.4. The molecule has 0 fully saturated rings. The molecule has 0 bridgehead atoms. The van der Waals surface area contributed by atoms with Crippen LogP contribution in [-0.4, -0.2) is 7.11 Å². The molecule has 0 spiro atoms. The van der Waals surface area contributed by atoms with Crippen molar-refractivity contribution in [2.45, 2.75) is 13.2 Å². The van der Waals surface area contributed by atoms with Gasteiger partial charge in [0.25, 0.3) is 0 Å². The molecular weight excluding hydrogens is 274 g/mol. The molecule has 0 aromatic heterocycles. The number of methoxy groups -OCH3 is 1. The fraction of sp³-hybridized carbons (Fsp3) is 0.188. The molecule has 0 N–H and O–H groups in total. The largest absolute Gasteiger partial charge is 0.495 e. The molecule has 0 heterocycles. The first-order valence-electron chi connectivity index (χ1n) is 6.12. The fourth-order valence-electron chi connectivity index (χ4n) is 1.81. The van der Waals surface area contributed by atoms with E-state index in [1.807, 2.05) is 36.4 Å². The Kier molecular flexibility index (Phi) is 5.00. The Morgan fingerprint density at radius 2 is 1.95 bits per heavy atom. The summed E-state index contributed by atoms with van der Waals surface area (Å²) in [7, 11) is 1.55. The van der Waals surface area contributed by atoms with Crippen LogP contribution < -0.4 is 4.74 Å². The van der Waals surface area contributed by atoms with E-state index in [4.69, 9.17) is 26.3 Å². The third-order valence-corrected chi connectivity index (χ3v) is 3.24. The summed E-state index contributed by atoms with van der Waals surface area (Å²) >= 11 is 6.06. The molecule has 0 saturated carbocycles. The summed E-state index contributed by atoms with van der Waals surface area (Å²) in [4.78, 5) is 0. The normalized spacial score (nSPS) is 10.1. The highest BCUT2D eigenvalue weighted by Crippen LogP contribution is 2.21. The summed E-state index contributed by atoms with van der Waals surface area (Å²) in [5, 5.41) is 9.62. The fourth-order valence-corrected chi connectivity index (χ4v) is 2.00. The molecule has 2 aromatic carbocycles. The average Bonchev–Trinajstić information content (AvgIpc) is 2.49. The van der Waals surface area contributed by atoms with Gasteiger partial charge in [-0.25, -0.2) is 0 Å². The molecule has 0 aliphatic heterocycles. The van der Waals surface area contributed by atoms with Crippen LogP contribution in [0, 0.1) is 11.3 Å². The van der Waals surface area contributed by atoms with Gasteiger partial charge in [0, 0.05) is 5.02 Å². The Labute approximate surface area is 123 Å². The Hall–Kier alpha value is -2.02. The molecule has 2 rings (SSSR count). The first-order valence-corrected chi connectivity index (χ1v) is 6.50. The number of hydrogen-bond acceptors (Lipinski definition) is 3. The lowest BCUT2D eigenvalue weighted by Crippen LogP contribution is -1.96. The number of ether oxygens (including phenoxy) is 2. The second kappa shape index (κ2) is 6.95. The van der Waals surface area contributed by atoms with Crippen LogP contribution in [0.25, 0.3) is 0 Å². The maximum absolute atomic E-state index is 8.92. The van der Waals surface area contributed by atoms with Gasteiger partial charge in [0.1, 0.15) is 11.8 Å². The Morgan fingerprint density at radius 3 is 2.65 bits per heavy atom. The minimum absolute atomic E-state index is 0.438. The van der Waals surface area contributed by atoms with E-state index in [-0.39, 0.29) is 0 Å². The van der Waals surface area contributed by atoms with Gasteiger partial charge in [-0.3, -0.25) is 0 Å². The second-order valence-electron chi connectivity index (χ2n) is 4.23. The van der Waals surface area contributed by atoms with Gasteiger partial charge in [0.05, 0.1) is 25.9 Å². The standard InChI is InChI=1S/C16H14ClNO2/c1-19-16-8-12(6-7-13(16)9-18)10-20-11-14-4-2-3-5-15(14)17/h2-8H,10-11H2,1H3. The lowest BCUT2D eigenvalue weighted by molar-refractivity contribution is 0.107. The zero-order valence-corrected chi connectivity index (χ0v) is 11.9. The molecule has 0 atom stereocenters. The van der Waals surface area contributed by atoms with Crippen molar-refractivity contribution in [2.75, 3.05) is 7.11 Å². The van der Waals surface area contributed by atoms with Gasteiger partial charge in [-0.2, -0.15) is 5.26 Å². The van der Waals surface area contributed by atoms with E-state index in [1.54, 1.807) is 13.2 Å². The van der Waals surface area contributed by atoms with E-state index >= 15 is 0 Å². The highest BCUT2D eigenvalue weighted by atomic mass is 35.5. The topological polar surface area (TPSA) is 42.2 Å². The quantitative estimate of drug-likeness (QED) is 0.836. The van der Waals surface area contributed by atoms with Crippen LogP contribution in [0.15, 0.2) is 42.5 Å².